The highest BCUT2D eigenvalue weighted by molar-refractivity contribution is 8.00. The number of carboxylic acid groups (broad SMARTS) is 1. The van der Waals surface area contributed by atoms with Gasteiger partial charge in [-0.05, 0) is 6.42 Å². The number of carbonyl (C=O) groups is 2. The van der Waals surface area contributed by atoms with Crippen molar-refractivity contribution < 1.29 is 14.7 Å². The first kappa shape index (κ1) is 12.8. The second kappa shape index (κ2) is 8.38. The van der Waals surface area contributed by atoms with E-state index in [1.54, 1.807) is 0 Å². The summed E-state index contributed by atoms with van der Waals surface area (Å²) in [4.78, 5) is 21.1. The number of hydrogen-bond donors (Lipinski definition) is 2. The zero-order chi connectivity index (χ0) is 10.8. The number of thioether (sulfide) groups is 1. The Labute approximate surface area is 86.5 Å². The van der Waals surface area contributed by atoms with E-state index in [2.05, 4.69) is 5.32 Å². The Kier molecular flexibility index (Phi) is 7.65. The van der Waals surface area contributed by atoms with E-state index in [4.69, 9.17) is 10.4 Å². The Balaban J connectivity index is 3.28. The Morgan fingerprint density at radius 3 is 2.79 bits per heavy atom. The number of aliphatic carboxylic acids is 1. The van der Waals surface area contributed by atoms with Gasteiger partial charge in [-0.15, -0.1) is 11.8 Å². The number of rotatable bonds is 7. The van der Waals surface area contributed by atoms with Crippen LogP contribution in [-0.4, -0.2) is 35.0 Å². The Bertz CT molecular complexity index is 237. The molecule has 78 valence electrons. The van der Waals surface area contributed by atoms with E-state index in [-0.39, 0.29) is 18.1 Å². The molecule has 0 aromatic heterocycles. The summed E-state index contributed by atoms with van der Waals surface area (Å²) in [7, 11) is 0. The van der Waals surface area contributed by atoms with Crippen LogP contribution in [0.3, 0.4) is 0 Å². The van der Waals surface area contributed by atoms with Crippen molar-refractivity contribution in [2.24, 2.45) is 0 Å². The molecule has 0 fully saturated rings. The van der Waals surface area contributed by atoms with Gasteiger partial charge in [-0.1, -0.05) is 0 Å². The quantitative estimate of drug-likeness (QED) is 0.594. The zero-order valence-corrected chi connectivity index (χ0v) is 8.47. The number of hydrogen-bond acceptors (Lipinski definition) is 4. The first-order valence-corrected chi connectivity index (χ1v) is 5.25. The van der Waals surface area contributed by atoms with E-state index in [0.29, 0.717) is 18.7 Å². The van der Waals surface area contributed by atoms with Gasteiger partial charge in [0.2, 0.25) is 5.91 Å². The lowest BCUT2D eigenvalue weighted by molar-refractivity contribution is -0.137. The molecule has 0 spiro atoms. The normalized spacial score (nSPS) is 9.07. The topological polar surface area (TPSA) is 90.2 Å². The van der Waals surface area contributed by atoms with E-state index in [1.807, 2.05) is 6.07 Å². The summed E-state index contributed by atoms with van der Waals surface area (Å²) in [6.45, 7) is 0.373. The fraction of sp³-hybridized carbons (Fsp3) is 0.625. The second-order valence-corrected chi connectivity index (χ2v) is 3.48. The summed E-state index contributed by atoms with van der Waals surface area (Å²) in [6, 6.07) is 1.91. The van der Waals surface area contributed by atoms with Crippen molar-refractivity contribution in [3.63, 3.8) is 0 Å². The number of nitrogens with one attached hydrogen (secondary N) is 1. The molecule has 0 rings (SSSR count). The predicted octanol–water partition coefficient (Wildman–Crippen LogP) is 0.224. The maximum absolute atomic E-state index is 11.0. The summed E-state index contributed by atoms with van der Waals surface area (Å²) < 4.78 is 0. The van der Waals surface area contributed by atoms with Crippen LogP contribution >= 0.6 is 11.8 Å². The molecule has 0 aromatic rings. The van der Waals surface area contributed by atoms with Crippen LogP contribution in [0, 0.1) is 11.3 Å². The molecule has 0 aliphatic rings. The Hall–Kier alpha value is -1.22. The summed E-state index contributed by atoms with van der Waals surface area (Å²) in [6.07, 6.45) is 0.496. The molecule has 5 nitrogen and oxygen atoms in total. The molecule has 0 aromatic carbocycles. The maximum atomic E-state index is 11.0. The molecular weight excluding hydrogens is 204 g/mol. The third-order valence-corrected chi connectivity index (χ3v) is 2.09. The first-order chi connectivity index (χ1) is 6.66. The van der Waals surface area contributed by atoms with Crippen LogP contribution in [0.25, 0.3) is 0 Å². The molecular formula is C8H12N2O3S. The number of nitriles is 1. The van der Waals surface area contributed by atoms with Crippen LogP contribution in [0.15, 0.2) is 0 Å². The molecule has 0 unspecified atom stereocenters. The molecule has 0 saturated carbocycles. The van der Waals surface area contributed by atoms with Gasteiger partial charge in [0, 0.05) is 13.0 Å². The minimum absolute atomic E-state index is 0.0611. The first-order valence-electron chi connectivity index (χ1n) is 4.10. The van der Waals surface area contributed by atoms with Gasteiger partial charge >= 0.3 is 5.97 Å². The number of carboxylic acids is 1. The van der Waals surface area contributed by atoms with Crippen LogP contribution in [0.5, 0.6) is 0 Å². The van der Waals surface area contributed by atoms with Crippen molar-refractivity contribution in [3.05, 3.63) is 0 Å². The number of carbonyl (C=O) groups excluding carboxylic acids is 1. The standard InChI is InChI=1S/C8H12N2O3S/c9-3-5-14-6-7(11)10-4-1-2-8(12)13/h1-2,4-6H2,(H,10,11)(H,12,13). The van der Waals surface area contributed by atoms with Gasteiger partial charge < -0.3 is 10.4 Å². The fourth-order valence-corrected chi connectivity index (χ4v) is 1.19. The molecule has 0 aliphatic carbocycles. The van der Waals surface area contributed by atoms with Crippen molar-refractivity contribution in [2.75, 3.05) is 18.1 Å². The van der Waals surface area contributed by atoms with E-state index in [0.717, 1.165) is 0 Å². The van der Waals surface area contributed by atoms with E-state index < -0.39 is 5.97 Å². The summed E-state index contributed by atoms with van der Waals surface area (Å²) >= 11 is 1.24. The van der Waals surface area contributed by atoms with Crippen LogP contribution in [0.2, 0.25) is 0 Å². The Morgan fingerprint density at radius 2 is 2.21 bits per heavy atom. The number of nitrogens with zero attached hydrogens (tertiary/aromatic N) is 1. The lowest BCUT2D eigenvalue weighted by atomic mass is 10.3. The van der Waals surface area contributed by atoms with Crippen molar-refractivity contribution in [2.45, 2.75) is 12.8 Å². The highest BCUT2D eigenvalue weighted by atomic mass is 32.2. The van der Waals surface area contributed by atoms with Crippen molar-refractivity contribution >= 4 is 23.6 Å². The maximum Gasteiger partial charge on any atom is 0.303 e. The fourth-order valence-electron chi connectivity index (χ4n) is 0.708. The largest absolute Gasteiger partial charge is 0.481 e. The van der Waals surface area contributed by atoms with Gasteiger partial charge in [-0.25, -0.2) is 0 Å². The molecule has 0 aliphatic heterocycles. The third-order valence-electron chi connectivity index (χ3n) is 1.29. The average molecular weight is 216 g/mol. The zero-order valence-electron chi connectivity index (χ0n) is 7.65. The van der Waals surface area contributed by atoms with Gasteiger partial charge in [0.25, 0.3) is 0 Å². The predicted molar refractivity (Wildman–Crippen MR) is 52.8 cm³/mol. The molecule has 14 heavy (non-hydrogen) atoms. The van der Waals surface area contributed by atoms with Gasteiger partial charge in [0.05, 0.1) is 17.6 Å². The number of amides is 1. The smallest absolute Gasteiger partial charge is 0.303 e. The highest BCUT2D eigenvalue weighted by Crippen LogP contribution is 1.96. The molecule has 0 atom stereocenters. The summed E-state index contributed by atoms with van der Waals surface area (Å²) in [5.74, 6) is -0.475. The van der Waals surface area contributed by atoms with Crippen molar-refractivity contribution in [1.29, 1.82) is 5.26 Å². The molecule has 0 radical (unpaired) electrons. The van der Waals surface area contributed by atoms with Gasteiger partial charge in [0.1, 0.15) is 0 Å². The van der Waals surface area contributed by atoms with Gasteiger partial charge in [0.15, 0.2) is 0 Å². The minimum atomic E-state index is -0.863. The van der Waals surface area contributed by atoms with E-state index in [9.17, 15) is 9.59 Å². The minimum Gasteiger partial charge on any atom is -0.481 e. The van der Waals surface area contributed by atoms with Crippen molar-refractivity contribution in [3.8, 4) is 6.07 Å². The van der Waals surface area contributed by atoms with Gasteiger partial charge in [-0.2, -0.15) is 5.26 Å². The monoisotopic (exact) mass is 216 g/mol. The highest BCUT2D eigenvalue weighted by Gasteiger charge is 2.01. The lowest BCUT2D eigenvalue weighted by Crippen LogP contribution is -2.26. The van der Waals surface area contributed by atoms with Crippen LogP contribution < -0.4 is 5.32 Å². The van der Waals surface area contributed by atoms with E-state index >= 15 is 0 Å². The molecule has 1 amide bonds. The average Bonchev–Trinajstić information content (AvgIpc) is 2.13. The van der Waals surface area contributed by atoms with Crippen LogP contribution in [0.4, 0.5) is 0 Å². The SMILES string of the molecule is N#CCSCC(=O)NCCCC(=O)O. The van der Waals surface area contributed by atoms with Crippen molar-refractivity contribution in [1.82, 2.24) is 5.32 Å². The van der Waals surface area contributed by atoms with Gasteiger partial charge in [-0.3, -0.25) is 9.59 Å². The van der Waals surface area contributed by atoms with Crippen LogP contribution in [-0.2, 0) is 9.59 Å². The van der Waals surface area contributed by atoms with Crippen LogP contribution in [0.1, 0.15) is 12.8 Å². The summed E-state index contributed by atoms with van der Waals surface area (Å²) in [5.41, 5.74) is 0. The lowest BCUT2D eigenvalue weighted by Gasteiger charge is -2.01. The third kappa shape index (κ3) is 8.87. The second-order valence-electron chi connectivity index (χ2n) is 2.50. The Morgan fingerprint density at radius 1 is 1.50 bits per heavy atom. The van der Waals surface area contributed by atoms with E-state index in [1.165, 1.54) is 11.8 Å². The molecule has 0 heterocycles. The molecule has 2 N–H and O–H groups in total. The summed E-state index contributed by atoms with van der Waals surface area (Å²) in [5, 5.41) is 19.1. The molecule has 0 saturated heterocycles. The molecule has 6 heteroatoms. The molecule has 0 bridgehead atoms.